The van der Waals surface area contributed by atoms with Crippen LogP contribution in [0.25, 0.3) is 16.2 Å². The van der Waals surface area contributed by atoms with Crippen LogP contribution in [-0.2, 0) is 4.79 Å². The van der Waals surface area contributed by atoms with E-state index in [1.807, 2.05) is 47.2 Å². The molecule has 0 aliphatic heterocycles. The van der Waals surface area contributed by atoms with Crippen molar-refractivity contribution in [2.45, 2.75) is 13.3 Å². The van der Waals surface area contributed by atoms with Crippen molar-refractivity contribution >= 4 is 33.8 Å². The minimum atomic E-state index is -0.0529. The maximum atomic E-state index is 12.2. The van der Waals surface area contributed by atoms with Gasteiger partial charge in [0.05, 0.1) is 5.69 Å². The summed E-state index contributed by atoms with van der Waals surface area (Å²) in [7, 11) is 3.46. The zero-order chi connectivity index (χ0) is 17.3. The summed E-state index contributed by atoms with van der Waals surface area (Å²) >= 11 is 1.44. The molecule has 0 fully saturated rings. The molecular weight excluding hydrogens is 324 g/mol. The molecule has 0 bridgehead atoms. The lowest BCUT2D eigenvalue weighted by Gasteiger charge is -2.08. The highest BCUT2D eigenvalue weighted by Crippen LogP contribution is 2.25. The molecule has 1 N–H and O–H groups in total. The molecule has 0 radical (unpaired) electrons. The lowest BCUT2D eigenvalue weighted by atomic mass is 10.1. The van der Waals surface area contributed by atoms with Gasteiger partial charge in [-0.05, 0) is 12.1 Å². The van der Waals surface area contributed by atoms with Gasteiger partial charge in [0.2, 0.25) is 5.91 Å². The number of carbonyl (C=O) groups excluding carboxylic acids is 2. The van der Waals surface area contributed by atoms with E-state index in [2.05, 4.69) is 10.3 Å². The molecule has 3 aromatic rings. The summed E-state index contributed by atoms with van der Waals surface area (Å²) < 4.78 is 1.81. The minimum Gasteiger partial charge on any atom is -0.343 e. The Hall–Kier alpha value is -2.67. The second kappa shape index (κ2) is 6.45. The quantitative estimate of drug-likeness (QED) is 0.792. The molecular formula is C17H18N4O2S. The minimum absolute atomic E-state index is 0.0166. The van der Waals surface area contributed by atoms with Crippen LogP contribution in [0.4, 0.5) is 5.69 Å². The molecule has 2 heterocycles. The first-order valence-corrected chi connectivity index (χ1v) is 8.46. The summed E-state index contributed by atoms with van der Waals surface area (Å²) in [6.07, 6.45) is 2.31. The normalized spacial score (nSPS) is 10.8. The number of imidazole rings is 1. The molecule has 1 aromatic carbocycles. The predicted molar refractivity (Wildman–Crippen MR) is 95.4 cm³/mol. The van der Waals surface area contributed by atoms with E-state index in [0.717, 1.165) is 21.9 Å². The molecule has 0 saturated heterocycles. The Kier molecular flexibility index (Phi) is 4.35. The molecule has 0 unspecified atom stereocenters. The average Bonchev–Trinajstić information content (AvgIpc) is 3.15. The van der Waals surface area contributed by atoms with Crippen molar-refractivity contribution < 1.29 is 9.59 Å². The summed E-state index contributed by atoms with van der Waals surface area (Å²) in [6.45, 7) is 1.81. The molecule has 0 aliphatic rings. The highest BCUT2D eigenvalue weighted by Gasteiger charge is 2.16. The predicted octanol–water partition coefficient (Wildman–Crippen LogP) is 3.11. The third-order valence-corrected chi connectivity index (χ3v) is 4.46. The lowest BCUT2D eigenvalue weighted by molar-refractivity contribution is -0.115. The van der Waals surface area contributed by atoms with Crippen LogP contribution in [0.1, 0.15) is 23.8 Å². The van der Waals surface area contributed by atoms with E-state index in [4.69, 9.17) is 0 Å². The van der Waals surface area contributed by atoms with Crippen molar-refractivity contribution in [2.75, 3.05) is 19.4 Å². The highest BCUT2D eigenvalue weighted by atomic mass is 32.1. The number of nitrogens with zero attached hydrogens (tertiary/aromatic N) is 3. The van der Waals surface area contributed by atoms with Crippen LogP contribution in [0, 0.1) is 0 Å². The number of thiazole rings is 1. The zero-order valence-electron chi connectivity index (χ0n) is 13.7. The third-order valence-electron chi connectivity index (χ3n) is 3.62. The molecule has 2 amide bonds. The zero-order valence-corrected chi connectivity index (χ0v) is 14.6. The number of nitrogens with one attached hydrogen (secondary N) is 1. The van der Waals surface area contributed by atoms with Crippen molar-refractivity contribution in [1.82, 2.24) is 14.3 Å². The Morgan fingerprint density at radius 1 is 1.25 bits per heavy atom. The number of carbonyl (C=O) groups is 2. The summed E-state index contributed by atoms with van der Waals surface area (Å²) in [6, 6.07) is 7.51. The highest BCUT2D eigenvalue weighted by molar-refractivity contribution is 7.15. The van der Waals surface area contributed by atoms with Gasteiger partial charge in [-0.3, -0.25) is 14.0 Å². The van der Waals surface area contributed by atoms with Crippen molar-refractivity contribution in [3.63, 3.8) is 0 Å². The van der Waals surface area contributed by atoms with E-state index in [1.165, 1.54) is 11.3 Å². The second-order valence-corrected chi connectivity index (χ2v) is 6.41. The molecule has 2 aromatic heterocycles. The largest absolute Gasteiger partial charge is 0.343 e. The van der Waals surface area contributed by atoms with Gasteiger partial charge in [0.15, 0.2) is 4.96 Å². The molecule has 0 saturated carbocycles. The molecule has 7 heteroatoms. The summed E-state index contributed by atoms with van der Waals surface area (Å²) in [5.41, 5.74) is 3.09. The number of anilines is 1. The van der Waals surface area contributed by atoms with Crippen LogP contribution in [0.2, 0.25) is 0 Å². The summed E-state index contributed by atoms with van der Waals surface area (Å²) in [5.74, 6) is -0.0695. The van der Waals surface area contributed by atoms with Gasteiger partial charge in [0.25, 0.3) is 5.91 Å². The molecule has 0 spiro atoms. The Bertz CT molecular complexity index is 893. The molecule has 0 atom stereocenters. The van der Waals surface area contributed by atoms with Gasteiger partial charge in [-0.2, -0.15) is 0 Å². The van der Waals surface area contributed by atoms with E-state index in [9.17, 15) is 9.59 Å². The van der Waals surface area contributed by atoms with Crippen LogP contribution in [0.15, 0.2) is 35.8 Å². The first-order chi connectivity index (χ1) is 11.5. The number of hydrogen-bond donors (Lipinski definition) is 1. The number of benzene rings is 1. The molecule has 6 nitrogen and oxygen atoms in total. The van der Waals surface area contributed by atoms with Gasteiger partial charge in [0.1, 0.15) is 5.69 Å². The van der Waals surface area contributed by atoms with Crippen molar-refractivity contribution in [1.29, 1.82) is 0 Å². The molecule has 3 rings (SSSR count). The molecule has 124 valence electrons. The smallest absolute Gasteiger partial charge is 0.271 e. The maximum absolute atomic E-state index is 12.2. The van der Waals surface area contributed by atoms with Crippen LogP contribution >= 0.6 is 11.3 Å². The van der Waals surface area contributed by atoms with Crippen LogP contribution in [0.3, 0.4) is 0 Å². The molecule has 24 heavy (non-hydrogen) atoms. The van der Waals surface area contributed by atoms with E-state index in [-0.39, 0.29) is 11.8 Å². The van der Waals surface area contributed by atoms with E-state index < -0.39 is 0 Å². The van der Waals surface area contributed by atoms with Gasteiger partial charge < -0.3 is 10.2 Å². The fourth-order valence-electron chi connectivity index (χ4n) is 2.28. The third kappa shape index (κ3) is 3.03. The number of fused-ring (bicyclic) bond motifs is 1. The Morgan fingerprint density at radius 3 is 2.58 bits per heavy atom. The monoisotopic (exact) mass is 342 g/mol. The van der Waals surface area contributed by atoms with Crippen molar-refractivity contribution in [3.8, 4) is 11.3 Å². The Morgan fingerprint density at radius 2 is 1.96 bits per heavy atom. The van der Waals surface area contributed by atoms with Crippen LogP contribution in [0.5, 0.6) is 0 Å². The number of aromatic nitrogens is 2. The van der Waals surface area contributed by atoms with Gasteiger partial charge in [0, 0.05) is 43.3 Å². The summed E-state index contributed by atoms with van der Waals surface area (Å²) in [5, 5.41) is 4.63. The number of amides is 2. The maximum Gasteiger partial charge on any atom is 0.271 e. The second-order valence-electron chi connectivity index (χ2n) is 5.58. The van der Waals surface area contributed by atoms with E-state index in [0.29, 0.717) is 12.1 Å². The lowest BCUT2D eigenvalue weighted by Crippen LogP contribution is -2.22. The first-order valence-electron chi connectivity index (χ1n) is 7.58. The Labute approximate surface area is 143 Å². The fraction of sp³-hybridized carbons (Fsp3) is 0.235. The number of rotatable bonds is 4. The standard InChI is InChI=1S/C17H18N4O2S/c1-4-15(22)18-12-7-5-11(6-8-12)13-9-21-14(16(23)20(2)3)10-24-17(21)19-13/h5-10H,4H2,1-3H3,(H,18,22). The van der Waals surface area contributed by atoms with Crippen LogP contribution in [-0.4, -0.2) is 40.2 Å². The van der Waals surface area contributed by atoms with Crippen molar-refractivity contribution in [2.24, 2.45) is 0 Å². The first kappa shape index (κ1) is 16.2. The number of hydrogen-bond acceptors (Lipinski definition) is 4. The van der Waals surface area contributed by atoms with Gasteiger partial charge in [-0.1, -0.05) is 19.1 Å². The van der Waals surface area contributed by atoms with E-state index >= 15 is 0 Å². The average molecular weight is 342 g/mol. The summed E-state index contributed by atoms with van der Waals surface area (Å²) in [4.78, 5) is 30.5. The van der Waals surface area contributed by atoms with Gasteiger partial charge >= 0.3 is 0 Å². The fourth-order valence-corrected chi connectivity index (χ4v) is 3.13. The van der Waals surface area contributed by atoms with Crippen LogP contribution < -0.4 is 5.32 Å². The van der Waals surface area contributed by atoms with Gasteiger partial charge in [-0.25, -0.2) is 4.98 Å². The topological polar surface area (TPSA) is 66.7 Å². The molecule has 0 aliphatic carbocycles. The Balaban J connectivity index is 1.90. The van der Waals surface area contributed by atoms with Crippen molar-refractivity contribution in [3.05, 3.63) is 41.5 Å². The SMILES string of the molecule is CCC(=O)Nc1ccc(-c2cn3c(C(=O)N(C)C)csc3n2)cc1. The van der Waals surface area contributed by atoms with Gasteiger partial charge in [-0.15, -0.1) is 11.3 Å². The van der Waals surface area contributed by atoms with E-state index in [1.54, 1.807) is 19.0 Å².